The molecule has 0 aliphatic rings. The minimum atomic E-state index is -0.911. The highest BCUT2D eigenvalue weighted by Crippen LogP contribution is 2.43. The van der Waals surface area contributed by atoms with Crippen molar-refractivity contribution in [3.8, 4) is 22.3 Å². The zero-order valence-corrected chi connectivity index (χ0v) is 22.0. The Balaban J connectivity index is 1.50. The fraction of sp³-hybridized carbons (Fsp3) is 0.229. The second-order valence-electron chi connectivity index (χ2n) is 10.00. The largest absolute Gasteiger partial charge is 0.478 e. The number of hydrogen-bond donors (Lipinski definition) is 2. The second kappa shape index (κ2) is 12.0. The zero-order chi connectivity index (χ0) is 26.3. The van der Waals surface area contributed by atoms with Crippen LogP contribution in [0.25, 0.3) is 43.8 Å². The maximum atomic E-state index is 11.4. The van der Waals surface area contributed by atoms with Crippen molar-refractivity contribution in [1.29, 1.82) is 0 Å². The number of rotatable bonds is 11. The predicted octanol–water partition coefficient (Wildman–Crippen LogP) is 9.80. The van der Waals surface area contributed by atoms with E-state index >= 15 is 0 Å². The van der Waals surface area contributed by atoms with Crippen molar-refractivity contribution < 1.29 is 9.90 Å². The Morgan fingerprint density at radius 3 is 1.53 bits per heavy atom. The van der Waals surface area contributed by atoms with Crippen molar-refractivity contribution in [3.05, 3.63) is 103 Å². The van der Waals surface area contributed by atoms with Gasteiger partial charge in [0.1, 0.15) is 0 Å². The predicted molar refractivity (Wildman–Crippen MR) is 161 cm³/mol. The first-order valence-corrected chi connectivity index (χ1v) is 13.8. The average molecular weight is 502 g/mol. The Morgan fingerprint density at radius 1 is 0.605 bits per heavy atom. The lowest BCUT2D eigenvalue weighted by atomic mass is 9.86. The van der Waals surface area contributed by atoms with Crippen molar-refractivity contribution in [2.24, 2.45) is 0 Å². The van der Waals surface area contributed by atoms with Crippen molar-refractivity contribution in [2.45, 2.75) is 45.4 Å². The molecular formula is C35H35NO2. The Hall–Kier alpha value is -4.11. The third kappa shape index (κ3) is 5.43. The van der Waals surface area contributed by atoms with Crippen LogP contribution in [0.2, 0.25) is 0 Å². The van der Waals surface area contributed by atoms with Crippen LogP contribution >= 0.6 is 0 Å². The first-order valence-electron chi connectivity index (χ1n) is 13.8. The summed E-state index contributed by atoms with van der Waals surface area (Å²) >= 11 is 0. The quantitative estimate of drug-likeness (QED) is 0.140. The van der Waals surface area contributed by atoms with Crippen LogP contribution in [0.3, 0.4) is 0 Å². The van der Waals surface area contributed by atoms with Crippen molar-refractivity contribution in [1.82, 2.24) is 0 Å². The molecule has 0 aliphatic carbocycles. The molecule has 3 nitrogen and oxygen atoms in total. The highest BCUT2D eigenvalue weighted by atomic mass is 16.4. The van der Waals surface area contributed by atoms with Gasteiger partial charge in [-0.3, -0.25) is 0 Å². The minimum absolute atomic E-state index is 0.296. The molecule has 0 atom stereocenters. The molecule has 5 aromatic carbocycles. The van der Waals surface area contributed by atoms with Crippen LogP contribution in [0.15, 0.2) is 97.1 Å². The topological polar surface area (TPSA) is 49.3 Å². The number of anilines is 1. The van der Waals surface area contributed by atoms with Crippen LogP contribution in [0, 0.1) is 0 Å². The summed E-state index contributed by atoms with van der Waals surface area (Å²) < 4.78 is 0. The minimum Gasteiger partial charge on any atom is -0.478 e. The number of fused-ring (bicyclic) bond motifs is 2. The molecule has 0 aliphatic heterocycles. The lowest BCUT2D eigenvalue weighted by Gasteiger charge is -2.18. The van der Waals surface area contributed by atoms with Crippen LogP contribution in [-0.4, -0.2) is 17.6 Å². The maximum Gasteiger partial charge on any atom is 0.335 e. The lowest BCUT2D eigenvalue weighted by Crippen LogP contribution is -2.01. The van der Waals surface area contributed by atoms with Crippen LogP contribution in [0.1, 0.15) is 55.8 Å². The fourth-order valence-electron chi connectivity index (χ4n) is 5.42. The van der Waals surface area contributed by atoms with Gasteiger partial charge in [0, 0.05) is 12.2 Å². The van der Waals surface area contributed by atoms with Crippen molar-refractivity contribution >= 4 is 33.2 Å². The Labute approximate surface area is 225 Å². The molecule has 3 heteroatoms. The number of nitrogens with one attached hydrogen (secondary N) is 1. The number of carbonyl (C=O) groups is 1. The summed E-state index contributed by atoms with van der Waals surface area (Å²) in [5.41, 5.74) is 6.02. The molecule has 0 spiro atoms. The first kappa shape index (κ1) is 25.5. The number of unbranched alkanes of at least 4 members (excludes halogenated alkanes) is 5. The molecule has 2 N–H and O–H groups in total. The van der Waals surface area contributed by atoms with E-state index in [1.54, 1.807) is 12.1 Å². The number of benzene rings is 5. The number of hydrogen-bond acceptors (Lipinski definition) is 2. The smallest absolute Gasteiger partial charge is 0.335 e. The van der Waals surface area contributed by atoms with E-state index in [-0.39, 0.29) is 0 Å². The van der Waals surface area contributed by atoms with Gasteiger partial charge in [0.05, 0.1) is 5.56 Å². The Kier molecular flexibility index (Phi) is 8.04. The molecular weight excluding hydrogens is 466 g/mol. The lowest BCUT2D eigenvalue weighted by molar-refractivity contribution is 0.0697. The van der Waals surface area contributed by atoms with Crippen LogP contribution in [-0.2, 0) is 0 Å². The van der Waals surface area contributed by atoms with Crippen molar-refractivity contribution in [2.75, 3.05) is 11.9 Å². The Bertz CT molecular complexity index is 1480. The van der Waals surface area contributed by atoms with Crippen LogP contribution in [0.4, 0.5) is 5.69 Å². The maximum absolute atomic E-state index is 11.4. The molecule has 0 saturated carbocycles. The van der Waals surface area contributed by atoms with Gasteiger partial charge >= 0.3 is 5.97 Å². The normalized spacial score (nSPS) is 11.2. The van der Waals surface area contributed by atoms with Crippen molar-refractivity contribution in [3.63, 3.8) is 0 Å². The number of carboxylic acids is 1. The average Bonchev–Trinajstić information content (AvgIpc) is 2.96. The Morgan fingerprint density at radius 2 is 1.05 bits per heavy atom. The van der Waals surface area contributed by atoms with E-state index in [4.69, 9.17) is 0 Å². The number of aromatic carboxylic acids is 1. The molecule has 0 aromatic heterocycles. The summed E-state index contributed by atoms with van der Waals surface area (Å²) in [5, 5.41) is 17.7. The molecule has 0 radical (unpaired) electrons. The van der Waals surface area contributed by atoms with E-state index in [2.05, 4.69) is 85.0 Å². The summed E-state index contributed by atoms with van der Waals surface area (Å²) in [7, 11) is 0. The number of carboxylic acid groups (broad SMARTS) is 1. The van der Waals surface area contributed by atoms with Gasteiger partial charge in [-0.2, -0.15) is 0 Å². The molecule has 0 saturated heterocycles. The molecule has 0 amide bonds. The molecule has 5 aromatic rings. The SMILES string of the molecule is CCCCCCCCNc1ccc(-c2c3ccccc3c(-c3ccc(C(=O)O)cc3)c3ccccc23)cc1. The highest BCUT2D eigenvalue weighted by molar-refractivity contribution is 6.21. The molecule has 0 fully saturated rings. The van der Waals surface area contributed by atoms with E-state index in [1.165, 1.54) is 60.4 Å². The van der Waals surface area contributed by atoms with E-state index in [0.717, 1.165) is 34.1 Å². The van der Waals surface area contributed by atoms with Gasteiger partial charge in [0.15, 0.2) is 0 Å². The molecule has 38 heavy (non-hydrogen) atoms. The van der Waals surface area contributed by atoms with E-state index in [0.29, 0.717) is 5.56 Å². The van der Waals surface area contributed by atoms with Crippen LogP contribution < -0.4 is 5.32 Å². The fourth-order valence-corrected chi connectivity index (χ4v) is 5.42. The van der Waals surface area contributed by atoms with Gasteiger partial charge in [0.25, 0.3) is 0 Å². The second-order valence-corrected chi connectivity index (χ2v) is 10.00. The van der Waals surface area contributed by atoms with Gasteiger partial charge in [-0.15, -0.1) is 0 Å². The first-order chi connectivity index (χ1) is 18.7. The van der Waals surface area contributed by atoms with Gasteiger partial charge in [-0.25, -0.2) is 4.79 Å². The van der Waals surface area contributed by atoms with Gasteiger partial charge < -0.3 is 10.4 Å². The third-order valence-corrected chi connectivity index (χ3v) is 7.39. The van der Waals surface area contributed by atoms with E-state index in [9.17, 15) is 9.90 Å². The van der Waals surface area contributed by atoms with E-state index < -0.39 is 5.97 Å². The van der Waals surface area contributed by atoms with Crippen LogP contribution in [0.5, 0.6) is 0 Å². The summed E-state index contributed by atoms with van der Waals surface area (Å²) in [6.07, 6.45) is 7.80. The zero-order valence-electron chi connectivity index (χ0n) is 22.0. The van der Waals surface area contributed by atoms with Gasteiger partial charge in [0.2, 0.25) is 0 Å². The van der Waals surface area contributed by atoms with E-state index in [1.807, 2.05) is 12.1 Å². The summed E-state index contributed by atoms with van der Waals surface area (Å²) in [6.45, 7) is 3.26. The monoisotopic (exact) mass is 501 g/mol. The summed E-state index contributed by atoms with van der Waals surface area (Å²) in [5.74, 6) is -0.911. The molecule has 5 rings (SSSR count). The molecule has 0 heterocycles. The molecule has 0 unspecified atom stereocenters. The van der Waals surface area contributed by atoms with Gasteiger partial charge in [-0.1, -0.05) is 112 Å². The third-order valence-electron chi connectivity index (χ3n) is 7.39. The molecule has 192 valence electrons. The summed E-state index contributed by atoms with van der Waals surface area (Å²) in [6, 6.07) is 33.1. The van der Waals surface area contributed by atoms with Gasteiger partial charge in [-0.05, 0) is 74.5 Å². The highest BCUT2D eigenvalue weighted by Gasteiger charge is 2.16. The summed E-state index contributed by atoms with van der Waals surface area (Å²) in [4.78, 5) is 11.4. The standard InChI is InChI=1S/C35H35NO2/c1-2-3-4-5-6-11-24-36-28-22-20-26(21-23-28)34-31-14-9-7-12-29(31)33(30-13-8-10-15-32(30)34)25-16-18-27(19-17-25)35(37)38/h7-10,12-23,36H,2-6,11,24H2,1H3,(H,37,38). The molecule has 0 bridgehead atoms.